The lowest BCUT2D eigenvalue weighted by atomic mass is 9.79. The van der Waals surface area contributed by atoms with Crippen molar-refractivity contribution in [2.45, 2.75) is 94.0 Å². The molecule has 0 radical (unpaired) electrons. The molecule has 0 spiro atoms. The van der Waals surface area contributed by atoms with Crippen LogP contribution in [0.4, 0.5) is 5.69 Å². The molecule has 17 heteroatoms. The number of nitrogens with zero attached hydrogens (tertiary/aromatic N) is 2. The average Bonchev–Trinajstić information content (AvgIpc) is 4.08. The first-order valence-electron chi connectivity index (χ1n) is 20.9. The number of fused-ring (bicyclic) bond motifs is 4. The second kappa shape index (κ2) is 17.2. The molecule has 1 fully saturated rings. The molecule has 6 aliphatic heterocycles. The van der Waals surface area contributed by atoms with E-state index in [1.807, 2.05) is 19.2 Å². The van der Waals surface area contributed by atoms with E-state index in [1.165, 1.54) is 6.07 Å². The molecule has 1 aromatic carbocycles. The summed E-state index contributed by atoms with van der Waals surface area (Å²) in [6, 6.07) is 2.99. The summed E-state index contributed by atoms with van der Waals surface area (Å²) in [5.74, 6) is 1.07. The van der Waals surface area contributed by atoms with Crippen molar-refractivity contribution in [3.05, 3.63) is 81.8 Å². The molecular formula is C43H56N6O11+2. The average molecular weight is 833 g/mol. The number of quaternary nitrogens is 2. The van der Waals surface area contributed by atoms with Crippen LogP contribution in [0.2, 0.25) is 0 Å². The van der Waals surface area contributed by atoms with Gasteiger partial charge in [-0.15, -0.1) is 0 Å². The lowest BCUT2D eigenvalue weighted by Gasteiger charge is -2.45. The second-order valence-corrected chi connectivity index (χ2v) is 16.8. The SMILES string of the molecule is CCC1=C2C=CN=C2C[NH+]1c1c2c(cc3c(=O)cc(C)oc13)CC(OOCC(O)C(O)(C[NH+]1C=CC3=NC=CC31)C(O)C(O)CO)C(CCNC)(CCC1CNC(=O)C1)O2. The van der Waals surface area contributed by atoms with E-state index in [1.54, 1.807) is 37.7 Å². The van der Waals surface area contributed by atoms with Gasteiger partial charge in [0, 0.05) is 62.3 Å². The van der Waals surface area contributed by atoms with E-state index in [0.29, 0.717) is 90.4 Å². The Balaban J connectivity index is 1.15. The van der Waals surface area contributed by atoms with Crippen LogP contribution in [0, 0.1) is 12.8 Å². The van der Waals surface area contributed by atoms with E-state index < -0.39 is 48.8 Å². The topological polar surface area (TPSA) is 234 Å². The van der Waals surface area contributed by atoms with Gasteiger partial charge in [-0.25, -0.2) is 9.78 Å². The van der Waals surface area contributed by atoms with Crippen molar-refractivity contribution >= 4 is 34.0 Å². The molecule has 0 saturated carbocycles. The van der Waals surface area contributed by atoms with E-state index in [9.17, 15) is 35.1 Å². The second-order valence-electron chi connectivity index (χ2n) is 16.8. The molecule has 9 N–H and O–H groups in total. The largest absolute Gasteiger partial charge is 0.478 e. The molecule has 322 valence electrons. The lowest BCUT2D eigenvalue weighted by Crippen LogP contribution is -3.13. The Morgan fingerprint density at radius 1 is 1.13 bits per heavy atom. The number of hydrogen-bond acceptors (Lipinski definition) is 14. The van der Waals surface area contributed by atoms with Crippen molar-refractivity contribution < 1.29 is 59.1 Å². The quantitative estimate of drug-likeness (QED) is 0.0607. The van der Waals surface area contributed by atoms with Gasteiger partial charge in [-0.1, -0.05) is 6.92 Å². The minimum atomic E-state index is -2.38. The highest BCUT2D eigenvalue weighted by atomic mass is 17.2. The van der Waals surface area contributed by atoms with Gasteiger partial charge < -0.3 is 45.3 Å². The molecule has 1 amide bonds. The smallest absolute Gasteiger partial charge is 0.222 e. The number of hydrogen-bond donors (Lipinski definition) is 9. The van der Waals surface area contributed by atoms with Crippen molar-refractivity contribution in [2.75, 3.05) is 46.4 Å². The number of aliphatic hydroxyl groups excluding tert-OH is 4. The number of carbonyl (C=O) groups excluding carboxylic acids is 1. The highest BCUT2D eigenvalue weighted by molar-refractivity contribution is 6.08. The maximum absolute atomic E-state index is 13.7. The standard InChI is InChI=1S/C43H54N6O11/c1-4-31-27-6-11-46-30(27)20-49(31)38-39-26(17-28-33(51)15-24(2)58-40(28)38)18-36(42(59-39,10-13-44-3)9-5-25-16-37(54)47-19-25)60-57-22-35(53)43(56,41(55)34(52)21-50)23-48-14-8-29-32(48)7-12-45-29/h6-8,11-12,14-15,17,25,32,34-36,41,44,50,52-53,55-56H,4-5,9-10,13,16,18-23H2,1-3H3,(H,47,54)/p+2. The predicted octanol–water partition coefficient (Wildman–Crippen LogP) is -1.66. The van der Waals surface area contributed by atoms with E-state index in [2.05, 4.69) is 27.5 Å². The minimum absolute atomic E-state index is 0.0107. The Hall–Kier alpha value is -4.40. The maximum Gasteiger partial charge on any atom is 0.222 e. The van der Waals surface area contributed by atoms with E-state index in [4.69, 9.17) is 18.9 Å². The lowest BCUT2D eigenvalue weighted by molar-refractivity contribution is -0.861. The summed E-state index contributed by atoms with van der Waals surface area (Å²) in [6.45, 7) is 3.64. The molecule has 8 rings (SSSR count). The van der Waals surface area contributed by atoms with E-state index >= 15 is 0 Å². The van der Waals surface area contributed by atoms with Crippen LogP contribution in [-0.2, 0) is 21.0 Å². The highest BCUT2D eigenvalue weighted by Crippen LogP contribution is 2.46. The summed E-state index contributed by atoms with van der Waals surface area (Å²) in [7, 11) is 1.84. The van der Waals surface area contributed by atoms with Gasteiger partial charge in [0.15, 0.2) is 22.8 Å². The van der Waals surface area contributed by atoms with Crippen molar-refractivity contribution in [3.63, 3.8) is 0 Å². The molecule has 2 aromatic rings. The minimum Gasteiger partial charge on any atom is -0.478 e. The molecule has 1 saturated heterocycles. The number of nitrogens with one attached hydrogen (secondary N) is 4. The molecule has 60 heavy (non-hydrogen) atoms. The van der Waals surface area contributed by atoms with Crippen molar-refractivity contribution in [3.8, 4) is 5.75 Å². The van der Waals surface area contributed by atoms with Crippen LogP contribution in [0.25, 0.3) is 11.0 Å². The van der Waals surface area contributed by atoms with Gasteiger partial charge in [-0.3, -0.25) is 29.4 Å². The van der Waals surface area contributed by atoms with Gasteiger partial charge >= 0.3 is 0 Å². The summed E-state index contributed by atoms with van der Waals surface area (Å²) in [5.41, 5.74) is 2.00. The first-order valence-corrected chi connectivity index (χ1v) is 20.9. The third kappa shape index (κ3) is 7.72. The van der Waals surface area contributed by atoms with Crippen molar-refractivity contribution in [2.24, 2.45) is 15.9 Å². The van der Waals surface area contributed by atoms with Crippen LogP contribution in [0.15, 0.2) is 79.4 Å². The molecule has 17 nitrogen and oxygen atoms in total. The van der Waals surface area contributed by atoms with Gasteiger partial charge in [0.1, 0.15) is 72.6 Å². The molecule has 7 heterocycles. The fourth-order valence-electron chi connectivity index (χ4n) is 9.66. The van der Waals surface area contributed by atoms with Crippen LogP contribution in [0.3, 0.4) is 0 Å². The van der Waals surface area contributed by atoms with Crippen LogP contribution in [0.5, 0.6) is 5.75 Å². The number of amides is 1. The third-order valence-electron chi connectivity index (χ3n) is 13.0. The van der Waals surface area contributed by atoms with Crippen molar-refractivity contribution in [1.82, 2.24) is 10.6 Å². The van der Waals surface area contributed by atoms with Crippen LogP contribution in [-0.4, -0.2) is 131 Å². The summed E-state index contributed by atoms with van der Waals surface area (Å²) in [4.78, 5) is 48.7. The maximum atomic E-state index is 13.7. The molecule has 6 aliphatic rings. The summed E-state index contributed by atoms with van der Waals surface area (Å²) >= 11 is 0. The molecular weight excluding hydrogens is 777 g/mol. The van der Waals surface area contributed by atoms with Gasteiger partial charge in [0.2, 0.25) is 17.2 Å². The zero-order valence-electron chi connectivity index (χ0n) is 34.1. The predicted molar refractivity (Wildman–Crippen MR) is 219 cm³/mol. The van der Waals surface area contributed by atoms with Crippen LogP contribution in [0.1, 0.15) is 50.4 Å². The van der Waals surface area contributed by atoms with Crippen LogP contribution < -0.4 is 30.6 Å². The van der Waals surface area contributed by atoms with Crippen molar-refractivity contribution in [1.29, 1.82) is 0 Å². The molecule has 0 aliphatic carbocycles. The Morgan fingerprint density at radius 2 is 1.97 bits per heavy atom. The number of ether oxygens (including phenoxy) is 1. The summed E-state index contributed by atoms with van der Waals surface area (Å²) in [6.07, 6.45) is 7.25. The first-order chi connectivity index (χ1) is 28.9. The van der Waals surface area contributed by atoms with Gasteiger partial charge in [-0.2, -0.15) is 0 Å². The van der Waals surface area contributed by atoms with E-state index in [-0.39, 0.29) is 36.3 Å². The number of aryl methyl sites for hydroxylation is 1. The Kier molecular flexibility index (Phi) is 12.1. The van der Waals surface area contributed by atoms with Gasteiger partial charge in [0.05, 0.1) is 23.8 Å². The Labute approximate surface area is 347 Å². The van der Waals surface area contributed by atoms with Crippen LogP contribution >= 0.6 is 0 Å². The zero-order valence-corrected chi connectivity index (χ0v) is 34.1. The first kappa shape index (κ1) is 42.3. The van der Waals surface area contributed by atoms with E-state index in [0.717, 1.165) is 27.6 Å². The normalized spacial score (nSPS) is 28.9. The Bertz CT molecular complexity index is 2250. The number of rotatable bonds is 18. The van der Waals surface area contributed by atoms with Gasteiger partial charge in [-0.05, 0) is 57.5 Å². The van der Waals surface area contributed by atoms with Gasteiger partial charge in [0.25, 0.3) is 0 Å². The number of carbonyl (C=O) groups is 1. The Morgan fingerprint density at radius 3 is 2.72 bits per heavy atom. The monoisotopic (exact) mass is 832 g/mol. The number of allylic oxidation sites excluding steroid dienone is 2. The molecule has 10 atom stereocenters. The summed E-state index contributed by atoms with van der Waals surface area (Å²) < 4.78 is 13.8. The summed E-state index contributed by atoms with van der Waals surface area (Å²) in [5, 5.41) is 61.5. The fourth-order valence-corrected chi connectivity index (χ4v) is 9.66. The fraction of sp³-hybridized carbons (Fsp3) is 0.535. The molecule has 0 bridgehead atoms. The number of aliphatic imine (C=N–C) groups is 2. The highest BCUT2D eigenvalue weighted by Gasteiger charge is 2.53. The molecule has 10 unspecified atom stereocenters. The number of aliphatic hydroxyl groups is 5. The molecule has 1 aromatic heterocycles. The number of benzene rings is 1. The zero-order chi connectivity index (χ0) is 42.3. The third-order valence-corrected chi connectivity index (χ3v) is 13.0.